The number of aromatic hydroxyl groups is 1. The van der Waals surface area contributed by atoms with Gasteiger partial charge in [-0.05, 0) is 211 Å². The number of nitrogens with zero attached hydrogens (tertiary/aromatic N) is 4. The van der Waals surface area contributed by atoms with Crippen molar-refractivity contribution in [1.29, 1.82) is 0 Å². The number of carbonyl (C=O) groups excluding carboxylic acids is 17. The van der Waals surface area contributed by atoms with Gasteiger partial charge in [0.05, 0.1) is 48.2 Å². The molecule has 1 aromatic carbocycles. The van der Waals surface area contributed by atoms with E-state index < -0.39 is 266 Å². The lowest BCUT2D eigenvalue weighted by atomic mass is 9.49. The number of primary amides is 3. The number of carbonyl (C=O) groups is 18. The number of unbranched alkanes of at least 4 members (excludes halogenated alkanes) is 1. The number of phenols is 1. The second-order valence-corrected chi connectivity index (χ2v) is 39.5. The maximum atomic E-state index is 14.8. The predicted octanol–water partition coefficient (Wildman–Crippen LogP) is -4.03. The average Bonchev–Trinajstić information content (AvgIpc) is 0.893. The molecule has 780 valence electrons. The Labute approximate surface area is 810 Å². The fraction of sp³-hybridized carbons (Fsp3) is 0.717. The molecule has 139 heavy (non-hydrogen) atoms. The summed E-state index contributed by atoms with van der Waals surface area (Å²) in [5, 5.41) is 108. The van der Waals surface area contributed by atoms with E-state index in [1.165, 1.54) is 38.1 Å². The molecule has 1 aromatic rings. The molecule has 0 spiro atoms. The summed E-state index contributed by atoms with van der Waals surface area (Å²) >= 11 is 0. The van der Waals surface area contributed by atoms with Gasteiger partial charge in [-0.3, -0.25) is 91.2 Å². The van der Waals surface area contributed by atoms with Crippen molar-refractivity contribution in [3.8, 4) is 5.75 Å². The lowest BCUT2D eigenvalue weighted by Gasteiger charge is -2.55. The zero-order valence-corrected chi connectivity index (χ0v) is 82.3. The monoisotopic (exact) mass is 1960 g/mol. The number of aliphatic hydroxyl groups excluding tert-OH is 2. The zero-order chi connectivity index (χ0) is 104. The number of carboxylic acids is 1. The van der Waals surface area contributed by atoms with Gasteiger partial charge >= 0.3 is 5.97 Å². The van der Waals surface area contributed by atoms with Crippen molar-refractivity contribution in [2.75, 3.05) is 65.5 Å². The third-order valence-electron chi connectivity index (χ3n) is 25.9. The van der Waals surface area contributed by atoms with Crippen LogP contribution in [0.15, 0.2) is 34.6 Å². The number of benzene rings is 1. The maximum Gasteiger partial charge on any atom is 0.303 e. The number of amides is 17. The fourth-order valence-corrected chi connectivity index (χ4v) is 17.9. The number of hydrogen-bond donors (Lipinski definition) is 25. The third kappa shape index (κ3) is 38.7. The Morgan fingerprint density at radius 1 is 0.504 bits per heavy atom. The summed E-state index contributed by atoms with van der Waals surface area (Å²) in [4.78, 5) is 253. The molecular formula is C92H153N23O24. The molecule has 0 unspecified atom stereocenters. The summed E-state index contributed by atoms with van der Waals surface area (Å²) < 4.78 is 0. The maximum absolute atomic E-state index is 14.8. The van der Waals surface area contributed by atoms with Crippen molar-refractivity contribution in [1.82, 2.24) is 89.6 Å². The molecule has 1 heterocycles. The van der Waals surface area contributed by atoms with Crippen LogP contribution in [0.4, 0.5) is 0 Å². The van der Waals surface area contributed by atoms with Crippen LogP contribution in [0, 0.1) is 40.9 Å². The van der Waals surface area contributed by atoms with Gasteiger partial charge in [0.1, 0.15) is 78.3 Å². The fourth-order valence-electron chi connectivity index (χ4n) is 17.9. The number of nitrogens with one attached hydrogen (secondary N) is 15. The van der Waals surface area contributed by atoms with Gasteiger partial charge in [0, 0.05) is 76.9 Å². The van der Waals surface area contributed by atoms with E-state index in [-0.39, 0.29) is 75.7 Å². The second kappa shape index (κ2) is 56.4. The number of carboxylic acid groups (broad SMARTS) is 1. The molecule has 17 amide bonds. The molecule has 47 nitrogen and oxygen atoms in total. The van der Waals surface area contributed by atoms with E-state index in [0.29, 0.717) is 99.6 Å². The molecule has 47 heteroatoms. The number of aliphatic hydroxyl groups is 2. The highest BCUT2D eigenvalue weighted by Gasteiger charge is 2.55. The normalized spacial score (nSPS) is 19.5. The minimum Gasteiger partial charge on any atom is -0.508 e. The molecule has 4 aliphatic carbocycles. The molecule has 0 radical (unpaired) electrons. The van der Waals surface area contributed by atoms with Crippen LogP contribution in [0.3, 0.4) is 0 Å². The minimum atomic E-state index is -1.88. The number of oxime groups is 2. The Bertz CT molecular complexity index is 4380. The quantitative estimate of drug-likeness (QED) is 0.0128. The van der Waals surface area contributed by atoms with E-state index in [1.807, 2.05) is 27.7 Å². The lowest BCUT2D eigenvalue weighted by Crippen LogP contribution is -2.62. The first-order chi connectivity index (χ1) is 65.3. The number of nitrogens with two attached hydrogens (primary N) is 4. The van der Waals surface area contributed by atoms with Gasteiger partial charge in [0.2, 0.25) is 100 Å². The summed E-state index contributed by atoms with van der Waals surface area (Å²) in [7, 11) is 0. The summed E-state index contributed by atoms with van der Waals surface area (Å²) in [5.74, 6) is -18.5. The summed E-state index contributed by atoms with van der Waals surface area (Å²) in [6, 6.07) is -14.1. The SMILES string of the molecule is C/C(=N/O)C(C)(C)NCCN(CCNC(=O)CNC(=O)[C@H](CCCCN)NC(=O)[C@H](CC(C)C)NC(=O)[C@H](CC(C)C)NC(=O)[C@@H](NC(=O)[C@H](Cc1ccc(O)cc1)NC(=O)[C@@H]1CCCN1C(=O)[C@H](CO)NC(=O)[C@@H](NC(=O)[C@H](CCC(N)=O)NC(=O)[C@H](CCC(=O)O)NC(=O)[C@H](CCC(N)=O)NC(=O)[C@H](CC(N)=O)NC(=O)C12CC3CC(CC(C3)C1)C2)C(C)C)[C@@H](C)O)CCNC(C)(C)/C(C)=N\O. The Hall–Kier alpha value is -11.8. The van der Waals surface area contributed by atoms with Gasteiger partial charge in [0.25, 0.3) is 0 Å². The Kier molecular flexibility index (Phi) is 47.8. The van der Waals surface area contributed by atoms with Crippen LogP contribution in [-0.4, -0.2) is 314 Å². The Balaban J connectivity index is 1.29. The molecule has 4 saturated carbocycles. The van der Waals surface area contributed by atoms with Crippen molar-refractivity contribution >= 4 is 118 Å². The standard InChI is InChI=1S/C92H153N23O24/c1-49(2)37-64(81(129)101-60(17-14-15-29-93)77(125)98-47-73(122)97-30-34-114(35-31-99-90(10,11)53(8)112-138)36-32-100-91(12,13)54(9)113-139)105-82(130)65(38-50(3)4)107-87(135)76(52(7)117)111-84(132)66(42-55-19-21-59(118)22-20-55)106-85(133)69-18-16-33-115(69)88(136)68(48-116)108-86(134)75(51(5)6)110-80(128)62(24-27-71(95)120)102-79(127)63(25-28-74(123)124)103-78(126)61(23-26-70(94)119)104-83(131)67(43-72(96)121)109-89(137)92-44-56-39-57(45-92)41-58(40-56)46-92/h19-22,49-52,56-58,60-69,75-76,99-100,116-118,138-139H,14-18,23-48,93H2,1-13H3,(H2,94,119)(H2,95,120)(H2,96,121)(H,97,122)(H,98,125)(H,101,129)(H,102,127)(H,103,126)(H,104,131)(H,105,130)(H,106,133)(H,107,135)(H,108,134)(H,109,137)(H,110,128)(H,111,132)(H,123,124)/b112-53-,113-54-/t52-,56?,57?,58?,60+,61+,62+,63+,64+,65+,66+,67+,68+,69+,75+,76+,92?/m1/s1. The van der Waals surface area contributed by atoms with Gasteiger partial charge in [-0.25, -0.2) is 0 Å². The Morgan fingerprint density at radius 2 is 0.928 bits per heavy atom. The van der Waals surface area contributed by atoms with Crippen molar-refractivity contribution in [3.05, 3.63) is 29.8 Å². The number of phenolic OH excluding ortho intramolecular Hbond substituents is 1. The average molecular weight is 1970 g/mol. The van der Waals surface area contributed by atoms with Crippen LogP contribution < -0.4 is 103 Å². The molecule has 0 aromatic heterocycles. The summed E-state index contributed by atoms with van der Waals surface area (Å²) in [6.07, 6.45) is -0.975. The second-order valence-electron chi connectivity index (χ2n) is 39.5. The van der Waals surface area contributed by atoms with Crippen LogP contribution >= 0.6 is 0 Å². The lowest BCUT2D eigenvalue weighted by molar-refractivity contribution is -0.149. The first-order valence-electron chi connectivity index (χ1n) is 47.9. The molecule has 5 fully saturated rings. The largest absolute Gasteiger partial charge is 0.508 e. The predicted molar refractivity (Wildman–Crippen MR) is 508 cm³/mol. The summed E-state index contributed by atoms with van der Waals surface area (Å²) in [6.45, 7) is 22.9. The molecule has 1 saturated heterocycles. The van der Waals surface area contributed by atoms with Crippen molar-refractivity contribution in [3.63, 3.8) is 0 Å². The zero-order valence-electron chi connectivity index (χ0n) is 82.3. The van der Waals surface area contributed by atoms with Crippen molar-refractivity contribution in [2.24, 2.45) is 74.2 Å². The van der Waals surface area contributed by atoms with Gasteiger partial charge in [-0.15, -0.1) is 0 Å². The van der Waals surface area contributed by atoms with Crippen LogP contribution in [-0.2, 0) is 92.7 Å². The van der Waals surface area contributed by atoms with Gasteiger partial charge in [-0.1, -0.05) is 64.0 Å². The van der Waals surface area contributed by atoms with Crippen LogP contribution in [0.5, 0.6) is 5.75 Å². The highest BCUT2D eigenvalue weighted by Crippen LogP contribution is 2.60. The van der Waals surface area contributed by atoms with Crippen LogP contribution in [0.1, 0.15) is 224 Å². The van der Waals surface area contributed by atoms with E-state index in [4.69, 9.17) is 22.9 Å². The number of hydrogen-bond acceptors (Lipinski definition) is 29. The molecule has 4 bridgehead atoms. The molecular weight excluding hydrogens is 1810 g/mol. The molecule has 5 aliphatic rings. The number of rotatable bonds is 63. The highest BCUT2D eigenvalue weighted by molar-refractivity contribution is 6.02. The first-order valence-corrected chi connectivity index (χ1v) is 47.9. The van der Waals surface area contributed by atoms with E-state index in [0.717, 1.165) is 31.1 Å². The van der Waals surface area contributed by atoms with E-state index in [2.05, 4.69) is 95.0 Å². The molecule has 13 atom stereocenters. The summed E-state index contributed by atoms with van der Waals surface area (Å²) in [5.41, 5.74) is 21.5. The van der Waals surface area contributed by atoms with Crippen molar-refractivity contribution in [2.45, 2.75) is 315 Å². The third-order valence-corrected chi connectivity index (χ3v) is 25.9. The smallest absolute Gasteiger partial charge is 0.303 e. The molecule has 29 N–H and O–H groups in total. The van der Waals surface area contributed by atoms with E-state index in [1.54, 1.807) is 41.5 Å². The molecule has 6 rings (SSSR count). The number of likely N-dealkylation sites (tertiary alicyclic amines) is 1. The van der Waals surface area contributed by atoms with Gasteiger partial charge in [0.15, 0.2) is 0 Å². The van der Waals surface area contributed by atoms with Crippen LogP contribution in [0.2, 0.25) is 0 Å². The van der Waals surface area contributed by atoms with Gasteiger partial charge < -0.3 is 138 Å². The highest BCUT2D eigenvalue weighted by atomic mass is 16.4. The minimum absolute atomic E-state index is 0.0144. The Morgan fingerprint density at radius 3 is 1.37 bits per heavy atom. The van der Waals surface area contributed by atoms with Crippen molar-refractivity contribution < 1.29 is 117 Å². The van der Waals surface area contributed by atoms with Crippen LogP contribution in [0.25, 0.3) is 0 Å². The number of aliphatic carboxylic acids is 1. The molecule has 1 aliphatic heterocycles. The first kappa shape index (κ1) is 118. The topological polar surface area (TPSA) is 744 Å². The van der Waals surface area contributed by atoms with Gasteiger partial charge in [-0.2, -0.15) is 0 Å². The van der Waals surface area contributed by atoms with E-state index >= 15 is 0 Å². The van der Waals surface area contributed by atoms with E-state index in [9.17, 15) is 117 Å².